The Morgan fingerprint density at radius 1 is 1.19 bits per heavy atom. The lowest BCUT2D eigenvalue weighted by Crippen LogP contribution is -2.04. The first-order valence-corrected chi connectivity index (χ1v) is 5.95. The van der Waals surface area contributed by atoms with Crippen LogP contribution in [0.15, 0.2) is 18.2 Å². The van der Waals surface area contributed by atoms with Gasteiger partial charge in [-0.05, 0) is 49.4 Å². The van der Waals surface area contributed by atoms with Crippen molar-refractivity contribution in [3.8, 4) is 5.75 Å². The van der Waals surface area contributed by atoms with Crippen LogP contribution in [0.1, 0.15) is 24.1 Å². The van der Waals surface area contributed by atoms with Gasteiger partial charge in [0.2, 0.25) is 0 Å². The van der Waals surface area contributed by atoms with Crippen molar-refractivity contribution < 1.29 is 4.74 Å². The highest BCUT2D eigenvalue weighted by Crippen LogP contribution is 2.33. The predicted octanol–water partition coefficient (Wildman–Crippen LogP) is 3.07. The monoisotopic (exact) mass is 215 g/mol. The van der Waals surface area contributed by atoms with Crippen LogP contribution in [0.2, 0.25) is 0 Å². The molecule has 0 saturated heterocycles. The minimum Gasteiger partial charge on any atom is -0.497 e. The standard InChI is InChI=1S/C14H17NO/c1-15-13-6-4-3-5-11(13)12-9-10(16-2)7-8-14(12)15/h7-9H,3-6H2,1-2H3. The molecule has 0 bridgehead atoms. The number of hydrogen-bond acceptors (Lipinski definition) is 1. The summed E-state index contributed by atoms with van der Waals surface area (Å²) in [6, 6.07) is 6.40. The highest BCUT2D eigenvalue weighted by atomic mass is 16.5. The van der Waals surface area contributed by atoms with E-state index in [1.807, 2.05) is 6.07 Å². The Kier molecular flexibility index (Phi) is 2.16. The third-order valence-corrected chi connectivity index (χ3v) is 3.73. The number of fused-ring (bicyclic) bond motifs is 3. The van der Waals surface area contributed by atoms with Crippen molar-refractivity contribution >= 4 is 10.9 Å². The van der Waals surface area contributed by atoms with Crippen LogP contribution in [0.25, 0.3) is 10.9 Å². The largest absolute Gasteiger partial charge is 0.497 e. The van der Waals surface area contributed by atoms with Crippen molar-refractivity contribution in [1.82, 2.24) is 4.57 Å². The second kappa shape index (κ2) is 3.55. The Balaban J connectivity index is 2.31. The van der Waals surface area contributed by atoms with Crippen molar-refractivity contribution in [1.29, 1.82) is 0 Å². The van der Waals surface area contributed by atoms with E-state index >= 15 is 0 Å². The third kappa shape index (κ3) is 1.26. The first kappa shape index (κ1) is 9.76. The Bertz CT molecular complexity index is 539. The van der Waals surface area contributed by atoms with Crippen molar-refractivity contribution in [3.05, 3.63) is 29.5 Å². The lowest BCUT2D eigenvalue weighted by Gasteiger charge is -2.12. The Hall–Kier alpha value is -1.44. The smallest absolute Gasteiger partial charge is 0.119 e. The molecule has 2 heteroatoms. The maximum Gasteiger partial charge on any atom is 0.119 e. The number of ether oxygens (including phenoxy) is 1. The molecule has 3 rings (SSSR count). The third-order valence-electron chi connectivity index (χ3n) is 3.73. The van der Waals surface area contributed by atoms with Crippen LogP contribution in [-0.4, -0.2) is 11.7 Å². The summed E-state index contributed by atoms with van der Waals surface area (Å²) < 4.78 is 7.66. The van der Waals surface area contributed by atoms with Crippen LogP contribution in [0.5, 0.6) is 5.75 Å². The van der Waals surface area contributed by atoms with E-state index < -0.39 is 0 Å². The van der Waals surface area contributed by atoms with Crippen molar-refractivity contribution in [2.24, 2.45) is 7.05 Å². The van der Waals surface area contributed by atoms with E-state index in [0.29, 0.717) is 0 Å². The maximum atomic E-state index is 5.31. The molecule has 1 aliphatic rings. The van der Waals surface area contributed by atoms with E-state index in [0.717, 1.165) is 5.75 Å². The zero-order valence-corrected chi connectivity index (χ0v) is 9.92. The molecule has 0 spiro atoms. The average Bonchev–Trinajstić information content (AvgIpc) is 2.64. The molecule has 2 aromatic rings. The molecule has 1 aromatic heterocycles. The Morgan fingerprint density at radius 2 is 2.00 bits per heavy atom. The van der Waals surface area contributed by atoms with Gasteiger partial charge in [0.15, 0.2) is 0 Å². The highest BCUT2D eigenvalue weighted by molar-refractivity contribution is 5.87. The minimum absolute atomic E-state index is 0.964. The predicted molar refractivity (Wildman–Crippen MR) is 66.1 cm³/mol. The van der Waals surface area contributed by atoms with E-state index in [4.69, 9.17) is 4.74 Å². The molecule has 0 atom stereocenters. The molecule has 0 unspecified atom stereocenters. The summed E-state index contributed by atoms with van der Waals surface area (Å²) in [5.74, 6) is 0.964. The molecule has 0 amide bonds. The topological polar surface area (TPSA) is 14.2 Å². The SMILES string of the molecule is COc1ccc2c(c1)c1c(n2C)CCCC1. The molecular weight excluding hydrogens is 198 g/mol. The van der Waals surface area contributed by atoms with Gasteiger partial charge in [-0.1, -0.05) is 0 Å². The van der Waals surface area contributed by atoms with Gasteiger partial charge in [0.25, 0.3) is 0 Å². The van der Waals surface area contributed by atoms with Gasteiger partial charge in [0.05, 0.1) is 7.11 Å². The van der Waals surface area contributed by atoms with E-state index in [1.165, 1.54) is 42.3 Å². The number of nitrogens with zero attached hydrogens (tertiary/aromatic N) is 1. The Labute approximate surface area is 95.8 Å². The number of methoxy groups -OCH3 is 1. The second-order valence-corrected chi connectivity index (χ2v) is 4.57. The van der Waals surface area contributed by atoms with Gasteiger partial charge < -0.3 is 9.30 Å². The summed E-state index contributed by atoms with van der Waals surface area (Å²) >= 11 is 0. The van der Waals surface area contributed by atoms with Gasteiger partial charge in [0, 0.05) is 23.6 Å². The van der Waals surface area contributed by atoms with E-state index in [1.54, 1.807) is 12.7 Å². The number of aryl methyl sites for hydroxylation is 2. The maximum absolute atomic E-state index is 5.31. The fourth-order valence-electron chi connectivity index (χ4n) is 2.87. The van der Waals surface area contributed by atoms with Gasteiger partial charge >= 0.3 is 0 Å². The first-order chi connectivity index (χ1) is 7.81. The number of benzene rings is 1. The summed E-state index contributed by atoms with van der Waals surface area (Å²) in [6.07, 6.45) is 5.10. The molecule has 84 valence electrons. The van der Waals surface area contributed by atoms with Crippen molar-refractivity contribution in [2.75, 3.05) is 7.11 Å². The molecule has 16 heavy (non-hydrogen) atoms. The quantitative estimate of drug-likeness (QED) is 0.713. The van der Waals surface area contributed by atoms with E-state index in [-0.39, 0.29) is 0 Å². The van der Waals surface area contributed by atoms with Crippen LogP contribution in [0.4, 0.5) is 0 Å². The molecule has 0 radical (unpaired) electrons. The average molecular weight is 215 g/mol. The number of aromatic nitrogens is 1. The molecule has 0 N–H and O–H groups in total. The zero-order valence-electron chi connectivity index (χ0n) is 9.92. The van der Waals surface area contributed by atoms with Crippen LogP contribution in [0, 0.1) is 0 Å². The lowest BCUT2D eigenvalue weighted by molar-refractivity contribution is 0.415. The summed E-state index contributed by atoms with van der Waals surface area (Å²) in [7, 11) is 3.91. The van der Waals surface area contributed by atoms with Gasteiger partial charge in [-0.25, -0.2) is 0 Å². The van der Waals surface area contributed by atoms with Gasteiger partial charge in [-0.2, -0.15) is 0 Å². The fraction of sp³-hybridized carbons (Fsp3) is 0.429. The fourth-order valence-corrected chi connectivity index (χ4v) is 2.87. The highest BCUT2D eigenvalue weighted by Gasteiger charge is 2.18. The molecule has 1 heterocycles. The molecule has 0 fully saturated rings. The summed E-state index contributed by atoms with van der Waals surface area (Å²) in [4.78, 5) is 0. The minimum atomic E-state index is 0.964. The molecule has 1 aromatic carbocycles. The molecule has 2 nitrogen and oxygen atoms in total. The van der Waals surface area contributed by atoms with Gasteiger partial charge in [-0.15, -0.1) is 0 Å². The summed E-state index contributed by atoms with van der Waals surface area (Å²) in [5, 5.41) is 1.39. The molecule has 0 saturated carbocycles. The van der Waals surface area contributed by atoms with Crippen LogP contribution in [0.3, 0.4) is 0 Å². The van der Waals surface area contributed by atoms with Gasteiger partial charge in [0.1, 0.15) is 5.75 Å². The molecule has 1 aliphatic carbocycles. The number of rotatable bonds is 1. The summed E-state index contributed by atoms with van der Waals surface area (Å²) in [5.41, 5.74) is 4.41. The van der Waals surface area contributed by atoms with Crippen molar-refractivity contribution in [3.63, 3.8) is 0 Å². The van der Waals surface area contributed by atoms with Crippen molar-refractivity contribution in [2.45, 2.75) is 25.7 Å². The van der Waals surface area contributed by atoms with E-state index in [2.05, 4.69) is 23.7 Å². The first-order valence-electron chi connectivity index (χ1n) is 5.95. The molecule has 0 aliphatic heterocycles. The van der Waals surface area contributed by atoms with Crippen LogP contribution >= 0.6 is 0 Å². The van der Waals surface area contributed by atoms with Crippen LogP contribution in [-0.2, 0) is 19.9 Å². The zero-order chi connectivity index (χ0) is 11.1. The summed E-state index contributed by atoms with van der Waals surface area (Å²) in [6.45, 7) is 0. The normalized spacial score (nSPS) is 15.1. The number of hydrogen-bond donors (Lipinski definition) is 0. The lowest BCUT2D eigenvalue weighted by atomic mass is 9.95. The molecular formula is C14H17NO. The van der Waals surface area contributed by atoms with Crippen LogP contribution < -0.4 is 4.74 Å². The van der Waals surface area contributed by atoms with Gasteiger partial charge in [-0.3, -0.25) is 0 Å². The van der Waals surface area contributed by atoms with E-state index in [9.17, 15) is 0 Å². The Morgan fingerprint density at radius 3 is 2.81 bits per heavy atom. The second-order valence-electron chi connectivity index (χ2n) is 4.57.